The number of hydrogen-bond acceptors (Lipinski definition) is 2. The molecule has 0 saturated heterocycles. The van der Waals surface area contributed by atoms with Crippen LogP contribution >= 0.6 is 0 Å². The first kappa shape index (κ1) is 16.1. The summed E-state index contributed by atoms with van der Waals surface area (Å²) >= 11 is 0. The zero-order valence-electron chi connectivity index (χ0n) is 12.0. The Morgan fingerprint density at radius 1 is 1.05 bits per heavy atom. The molecule has 2 aromatic rings. The second kappa shape index (κ2) is 7.66. The molecule has 1 amide bonds. The lowest BCUT2D eigenvalue weighted by atomic mass is 10.1. The molecule has 22 heavy (non-hydrogen) atoms. The van der Waals surface area contributed by atoms with E-state index in [2.05, 4.69) is 5.32 Å². The highest BCUT2D eigenvalue weighted by Crippen LogP contribution is 2.11. The Kier molecular flexibility index (Phi) is 5.61. The number of amides is 1. The molecular formula is C17H17F2NO2. The van der Waals surface area contributed by atoms with Gasteiger partial charge in [-0.15, -0.1) is 0 Å². The molecule has 2 aromatic carbocycles. The van der Waals surface area contributed by atoms with Gasteiger partial charge in [0.05, 0.1) is 6.61 Å². The molecule has 5 heteroatoms. The summed E-state index contributed by atoms with van der Waals surface area (Å²) in [5.41, 5.74) is 1.39. The van der Waals surface area contributed by atoms with Crippen molar-refractivity contribution in [3.05, 3.63) is 70.8 Å². The number of hydrogen-bond donors (Lipinski definition) is 2. The van der Waals surface area contributed by atoms with Gasteiger partial charge >= 0.3 is 0 Å². The van der Waals surface area contributed by atoms with Crippen molar-refractivity contribution in [1.82, 2.24) is 5.32 Å². The third-order valence-corrected chi connectivity index (χ3v) is 3.35. The Labute approximate surface area is 127 Å². The minimum Gasteiger partial charge on any atom is -0.392 e. The maximum atomic E-state index is 13.4. The van der Waals surface area contributed by atoms with E-state index in [9.17, 15) is 13.6 Å². The van der Waals surface area contributed by atoms with Gasteiger partial charge in [-0.25, -0.2) is 8.78 Å². The van der Waals surface area contributed by atoms with Crippen molar-refractivity contribution in [2.75, 3.05) is 0 Å². The maximum Gasteiger partial charge on any atom is 0.220 e. The highest BCUT2D eigenvalue weighted by atomic mass is 19.1. The first-order valence-electron chi connectivity index (χ1n) is 6.98. The van der Waals surface area contributed by atoms with Gasteiger partial charge in [-0.3, -0.25) is 4.79 Å². The second-order valence-electron chi connectivity index (χ2n) is 4.95. The molecule has 0 aromatic heterocycles. The number of halogens is 2. The van der Waals surface area contributed by atoms with Crippen molar-refractivity contribution >= 4 is 5.91 Å². The molecule has 3 nitrogen and oxygen atoms in total. The summed E-state index contributed by atoms with van der Waals surface area (Å²) in [7, 11) is 0. The molecule has 0 aliphatic rings. The van der Waals surface area contributed by atoms with Gasteiger partial charge in [0.25, 0.3) is 0 Å². The first-order valence-corrected chi connectivity index (χ1v) is 6.98. The number of nitrogens with one attached hydrogen (secondary N) is 1. The van der Waals surface area contributed by atoms with Crippen LogP contribution in [0.1, 0.15) is 23.1 Å². The monoisotopic (exact) mass is 305 g/mol. The molecule has 0 radical (unpaired) electrons. The Bertz CT molecular complexity index is 659. The Hall–Kier alpha value is -2.27. The van der Waals surface area contributed by atoms with Gasteiger partial charge in [0.2, 0.25) is 5.91 Å². The van der Waals surface area contributed by atoms with Gasteiger partial charge < -0.3 is 10.4 Å². The van der Waals surface area contributed by atoms with E-state index in [1.807, 2.05) is 0 Å². The van der Waals surface area contributed by atoms with Crippen molar-refractivity contribution in [1.29, 1.82) is 0 Å². The number of aryl methyl sites for hydroxylation is 1. The minimum atomic E-state index is -0.475. The summed E-state index contributed by atoms with van der Waals surface area (Å²) in [6, 6.07) is 10.7. The number of benzene rings is 2. The molecule has 0 aliphatic carbocycles. The summed E-state index contributed by atoms with van der Waals surface area (Å²) in [6.07, 6.45) is 0.499. The number of aliphatic hydroxyl groups excluding tert-OH is 1. The van der Waals surface area contributed by atoms with Crippen molar-refractivity contribution in [2.45, 2.75) is 26.0 Å². The van der Waals surface area contributed by atoms with E-state index in [4.69, 9.17) is 5.11 Å². The first-order chi connectivity index (χ1) is 10.6. The third kappa shape index (κ3) is 4.36. The van der Waals surface area contributed by atoms with Gasteiger partial charge in [-0.05, 0) is 35.7 Å². The normalized spacial score (nSPS) is 10.5. The zero-order chi connectivity index (χ0) is 15.9. The van der Waals surface area contributed by atoms with Gasteiger partial charge in [0.15, 0.2) is 0 Å². The lowest BCUT2D eigenvalue weighted by molar-refractivity contribution is -0.121. The highest BCUT2D eigenvalue weighted by Gasteiger charge is 2.07. The number of aliphatic hydroxyl groups is 1. The summed E-state index contributed by atoms with van der Waals surface area (Å²) in [6.45, 7) is -0.149. The van der Waals surface area contributed by atoms with E-state index >= 15 is 0 Å². The van der Waals surface area contributed by atoms with E-state index in [1.165, 1.54) is 18.2 Å². The minimum absolute atomic E-state index is 0.176. The Morgan fingerprint density at radius 2 is 1.77 bits per heavy atom. The van der Waals surface area contributed by atoms with E-state index in [1.54, 1.807) is 24.3 Å². The van der Waals surface area contributed by atoms with Crippen LogP contribution in [0.4, 0.5) is 8.78 Å². The summed E-state index contributed by atoms with van der Waals surface area (Å²) < 4.78 is 26.7. The van der Waals surface area contributed by atoms with Crippen LogP contribution in [0.2, 0.25) is 0 Å². The Morgan fingerprint density at radius 3 is 2.50 bits per heavy atom. The van der Waals surface area contributed by atoms with E-state index in [0.29, 0.717) is 17.5 Å². The number of carbonyl (C=O) groups is 1. The summed E-state index contributed by atoms with van der Waals surface area (Å²) in [4.78, 5) is 11.8. The molecule has 2 rings (SSSR count). The molecule has 0 aliphatic heterocycles. The lowest BCUT2D eigenvalue weighted by Crippen LogP contribution is -2.23. The van der Waals surface area contributed by atoms with Crippen molar-refractivity contribution in [3.63, 3.8) is 0 Å². The standard InChI is InChI=1S/C17H17F2NO2/c18-15-4-2-1-3-13(15)6-8-17(22)20-10-12-5-7-16(19)14(9-12)11-21/h1-5,7,9,21H,6,8,10-11H2,(H,20,22). The fourth-order valence-corrected chi connectivity index (χ4v) is 2.10. The molecular weight excluding hydrogens is 288 g/mol. The highest BCUT2D eigenvalue weighted by molar-refractivity contribution is 5.76. The van der Waals surface area contributed by atoms with Gasteiger partial charge in [-0.1, -0.05) is 24.3 Å². The van der Waals surface area contributed by atoms with Crippen LogP contribution in [0.5, 0.6) is 0 Å². The summed E-state index contributed by atoms with van der Waals surface area (Å²) in [5, 5.41) is 11.7. The molecule has 0 bridgehead atoms. The molecule has 0 spiro atoms. The lowest BCUT2D eigenvalue weighted by Gasteiger charge is -2.08. The fraction of sp³-hybridized carbons (Fsp3) is 0.235. The molecule has 0 atom stereocenters. The molecule has 2 N–H and O–H groups in total. The van der Waals surface area contributed by atoms with E-state index in [-0.39, 0.29) is 36.9 Å². The molecule has 0 saturated carbocycles. The number of carbonyl (C=O) groups excluding carboxylic acids is 1. The zero-order valence-corrected chi connectivity index (χ0v) is 12.0. The molecule has 116 valence electrons. The van der Waals surface area contributed by atoms with E-state index < -0.39 is 5.82 Å². The fourth-order valence-electron chi connectivity index (χ4n) is 2.10. The van der Waals surface area contributed by atoms with Crippen molar-refractivity contribution in [3.8, 4) is 0 Å². The van der Waals surface area contributed by atoms with Crippen LogP contribution in [-0.2, 0) is 24.4 Å². The average molecular weight is 305 g/mol. The van der Waals surface area contributed by atoms with Gasteiger partial charge in [0, 0.05) is 18.5 Å². The molecule has 0 heterocycles. The van der Waals surface area contributed by atoms with Crippen molar-refractivity contribution in [2.24, 2.45) is 0 Å². The van der Waals surface area contributed by atoms with Crippen LogP contribution in [0.3, 0.4) is 0 Å². The van der Waals surface area contributed by atoms with Crippen LogP contribution < -0.4 is 5.32 Å². The Balaban J connectivity index is 1.84. The second-order valence-corrected chi connectivity index (χ2v) is 4.95. The van der Waals surface area contributed by atoms with Crippen LogP contribution in [0, 0.1) is 11.6 Å². The predicted octanol–water partition coefficient (Wildman–Crippen LogP) is 2.71. The van der Waals surface area contributed by atoms with Crippen LogP contribution in [-0.4, -0.2) is 11.0 Å². The molecule has 0 fully saturated rings. The van der Waals surface area contributed by atoms with Crippen LogP contribution in [0.15, 0.2) is 42.5 Å². The SMILES string of the molecule is O=C(CCc1ccccc1F)NCc1ccc(F)c(CO)c1. The smallest absolute Gasteiger partial charge is 0.220 e. The average Bonchev–Trinajstić information content (AvgIpc) is 2.53. The largest absolute Gasteiger partial charge is 0.392 e. The topological polar surface area (TPSA) is 49.3 Å². The van der Waals surface area contributed by atoms with Crippen LogP contribution in [0.25, 0.3) is 0 Å². The number of rotatable bonds is 6. The summed E-state index contributed by atoms with van der Waals surface area (Å²) in [5.74, 6) is -1.00. The quantitative estimate of drug-likeness (QED) is 0.862. The predicted molar refractivity (Wildman–Crippen MR) is 78.9 cm³/mol. The van der Waals surface area contributed by atoms with E-state index in [0.717, 1.165) is 0 Å². The van der Waals surface area contributed by atoms with Gasteiger partial charge in [-0.2, -0.15) is 0 Å². The maximum absolute atomic E-state index is 13.4. The molecule has 0 unspecified atom stereocenters. The van der Waals surface area contributed by atoms with Crippen molar-refractivity contribution < 1.29 is 18.7 Å². The third-order valence-electron chi connectivity index (χ3n) is 3.35. The van der Waals surface area contributed by atoms with Gasteiger partial charge in [0.1, 0.15) is 11.6 Å².